The SMILES string of the molecule is Cc1cc(C)n(-c2nncn2/N=C\c2ccc(C(C)(C)C)cc2)n1. The number of nitrogens with zero attached hydrogens (tertiary/aromatic N) is 6. The van der Waals surface area contributed by atoms with Gasteiger partial charge in [-0.05, 0) is 36.5 Å². The Bertz CT molecular complexity index is 862. The maximum Gasteiger partial charge on any atom is 0.273 e. The molecule has 3 rings (SSSR count). The molecule has 0 amide bonds. The second-order valence-corrected chi connectivity index (χ2v) is 6.93. The van der Waals surface area contributed by atoms with Crippen LogP contribution in [0, 0.1) is 13.8 Å². The zero-order chi connectivity index (χ0) is 17.3. The predicted molar refractivity (Wildman–Crippen MR) is 94.8 cm³/mol. The van der Waals surface area contributed by atoms with Crippen LogP contribution in [0.2, 0.25) is 0 Å². The first kappa shape index (κ1) is 16.1. The molecule has 1 aromatic carbocycles. The van der Waals surface area contributed by atoms with E-state index in [0.29, 0.717) is 5.95 Å². The molecule has 0 radical (unpaired) electrons. The molecule has 3 aromatic rings. The Balaban J connectivity index is 1.86. The van der Waals surface area contributed by atoms with Crippen molar-refractivity contribution in [1.29, 1.82) is 0 Å². The largest absolute Gasteiger partial charge is 0.273 e. The van der Waals surface area contributed by atoms with E-state index in [-0.39, 0.29) is 5.41 Å². The second-order valence-electron chi connectivity index (χ2n) is 6.93. The van der Waals surface area contributed by atoms with Gasteiger partial charge in [0.15, 0.2) is 0 Å². The van der Waals surface area contributed by atoms with Crippen molar-refractivity contribution in [1.82, 2.24) is 24.7 Å². The molecule has 6 heteroatoms. The van der Waals surface area contributed by atoms with E-state index < -0.39 is 0 Å². The summed E-state index contributed by atoms with van der Waals surface area (Å²) in [6.07, 6.45) is 3.37. The van der Waals surface area contributed by atoms with Crippen LogP contribution < -0.4 is 0 Å². The van der Waals surface area contributed by atoms with Gasteiger partial charge in [-0.2, -0.15) is 14.9 Å². The van der Waals surface area contributed by atoms with Crippen molar-refractivity contribution in [3.63, 3.8) is 0 Å². The number of benzene rings is 1. The summed E-state index contributed by atoms with van der Waals surface area (Å²) in [5.41, 5.74) is 4.39. The van der Waals surface area contributed by atoms with E-state index in [1.54, 1.807) is 21.9 Å². The monoisotopic (exact) mass is 322 g/mol. The van der Waals surface area contributed by atoms with Gasteiger partial charge in [-0.15, -0.1) is 10.2 Å². The fraction of sp³-hybridized carbons (Fsp3) is 0.333. The molecular weight excluding hydrogens is 300 g/mol. The summed E-state index contributed by atoms with van der Waals surface area (Å²) in [7, 11) is 0. The molecule has 2 aromatic heterocycles. The standard InChI is InChI=1S/C18H22N6/c1-13-10-14(2)24(22-13)17-21-19-12-23(17)20-11-15-6-8-16(9-7-15)18(3,4)5/h6-12H,1-5H3/b20-11-. The number of hydrogen-bond acceptors (Lipinski definition) is 4. The van der Waals surface area contributed by atoms with E-state index >= 15 is 0 Å². The number of hydrogen-bond donors (Lipinski definition) is 0. The highest BCUT2D eigenvalue weighted by atomic mass is 15.5. The van der Waals surface area contributed by atoms with Crippen molar-refractivity contribution < 1.29 is 0 Å². The Morgan fingerprint density at radius 2 is 1.79 bits per heavy atom. The minimum absolute atomic E-state index is 0.145. The van der Waals surface area contributed by atoms with E-state index in [0.717, 1.165) is 17.0 Å². The maximum absolute atomic E-state index is 4.46. The Labute approximate surface area is 141 Å². The quantitative estimate of drug-likeness (QED) is 0.695. The highest BCUT2D eigenvalue weighted by Gasteiger charge is 2.13. The summed E-state index contributed by atoms with van der Waals surface area (Å²) in [4.78, 5) is 0. The molecule has 0 saturated heterocycles. The van der Waals surface area contributed by atoms with Crippen LogP contribution >= 0.6 is 0 Å². The molecule has 0 bridgehead atoms. The Hall–Kier alpha value is -2.76. The molecule has 0 aliphatic carbocycles. The first-order valence-electron chi connectivity index (χ1n) is 7.93. The van der Waals surface area contributed by atoms with Crippen LogP contribution in [-0.4, -0.2) is 30.9 Å². The minimum Gasteiger partial charge on any atom is -0.202 e. The smallest absolute Gasteiger partial charge is 0.202 e. The molecule has 0 aliphatic heterocycles. The lowest BCUT2D eigenvalue weighted by atomic mass is 9.87. The van der Waals surface area contributed by atoms with E-state index in [9.17, 15) is 0 Å². The van der Waals surface area contributed by atoms with Crippen molar-refractivity contribution in [2.75, 3.05) is 0 Å². The summed E-state index contributed by atoms with van der Waals surface area (Å²) in [5.74, 6) is 0.572. The average Bonchev–Trinajstić information content (AvgIpc) is 3.10. The molecule has 0 fully saturated rings. The Morgan fingerprint density at radius 3 is 2.38 bits per heavy atom. The van der Waals surface area contributed by atoms with Crippen LogP contribution in [0.25, 0.3) is 5.95 Å². The third-order valence-corrected chi connectivity index (χ3v) is 3.82. The first-order valence-corrected chi connectivity index (χ1v) is 7.93. The summed E-state index contributed by atoms with van der Waals surface area (Å²) < 4.78 is 3.36. The number of aryl methyl sites for hydroxylation is 2. The molecule has 0 unspecified atom stereocenters. The normalized spacial score (nSPS) is 12.2. The van der Waals surface area contributed by atoms with E-state index in [1.165, 1.54) is 5.56 Å². The molecule has 0 atom stereocenters. The van der Waals surface area contributed by atoms with Gasteiger partial charge in [0.05, 0.1) is 11.9 Å². The average molecular weight is 322 g/mol. The third-order valence-electron chi connectivity index (χ3n) is 3.82. The Morgan fingerprint density at radius 1 is 1.08 bits per heavy atom. The summed E-state index contributed by atoms with van der Waals surface area (Å²) in [6.45, 7) is 10.5. The summed E-state index contributed by atoms with van der Waals surface area (Å²) >= 11 is 0. The number of aromatic nitrogens is 5. The van der Waals surface area contributed by atoms with E-state index in [2.05, 4.69) is 65.4 Å². The molecule has 0 saturated carbocycles. The molecule has 0 spiro atoms. The van der Waals surface area contributed by atoms with E-state index in [1.807, 2.05) is 19.9 Å². The van der Waals surface area contributed by atoms with Crippen molar-refractivity contribution in [2.45, 2.75) is 40.0 Å². The molecule has 0 N–H and O–H groups in total. The molecule has 2 heterocycles. The van der Waals surface area contributed by atoms with Crippen molar-refractivity contribution in [3.8, 4) is 5.95 Å². The molecule has 124 valence electrons. The topological polar surface area (TPSA) is 60.9 Å². The van der Waals surface area contributed by atoms with Gasteiger partial charge >= 0.3 is 0 Å². The molecule has 24 heavy (non-hydrogen) atoms. The van der Waals surface area contributed by atoms with Crippen LogP contribution in [0.3, 0.4) is 0 Å². The summed E-state index contributed by atoms with van der Waals surface area (Å²) in [6, 6.07) is 10.4. The summed E-state index contributed by atoms with van der Waals surface area (Å²) in [5, 5.41) is 17.0. The zero-order valence-corrected chi connectivity index (χ0v) is 14.7. The van der Waals surface area contributed by atoms with Crippen LogP contribution in [0.5, 0.6) is 0 Å². The zero-order valence-electron chi connectivity index (χ0n) is 14.7. The van der Waals surface area contributed by atoms with Crippen molar-refractivity contribution >= 4 is 6.21 Å². The van der Waals surface area contributed by atoms with Gasteiger partial charge in [0.2, 0.25) is 0 Å². The van der Waals surface area contributed by atoms with Crippen molar-refractivity contribution in [3.05, 3.63) is 59.2 Å². The van der Waals surface area contributed by atoms with E-state index in [4.69, 9.17) is 0 Å². The van der Waals surface area contributed by atoms with Gasteiger partial charge in [0.1, 0.15) is 6.33 Å². The van der Waals surface area contributed by atoms with Gasteiger partial charge in [-0.3, -0.25) is 0 Å². The van der Waals surface area contributed by atoms with Crippen molar-refractivity contribution in [2.24, 2.45) is 5.10 Å². The second kappa shape index (κ2) is 6.03. The van der Waals surface area contributed by atoms with Gasteiger partial charge in [-0.25, -0.2) is 4.68 Å². The fourth-order valence-electron chi connectivity index (χ4n) is 2.47. The highest BCUT2D eigenvalue weighted by Crippen LogP contribution is 2.21. The highest BCUT2D eigenvalue weighted by molar-refractivity contribution is 5.79. The van der Waals surface area contributed by atoms with Crippen LogP contribution in [0.4, 0.5) is 0 Å². The van der Waals surface area contributed by atoms with Crippen LogP contribution in [0.1, 0.15) is 43.3 Å². The fourth-order valence-corrected chi connectivity index (χ4v) is 2.47. The van der Waals surface area contributed by atoms with Gasteiger partial charge in [0.25, 0.3) is 5.95 Å². The van der Waals surface area contributed by atoms with Crippen LogP contribution in [0.15, 0.2) is 41.8 Å². The van der Waals surface area contributed by atoms with Gasteiger partial charge in [-0.1, -0.05) is 45.0 Å². The number of rotatable bonds is 3. The van der Waals surface area contributed by atoms with Gasteiger partial charge < -0.3 is 0 Å². The first-order chi connectivity index (χ1) is 11.3. The lowest BCUT2D eigenvalue weighted by molar-refractivity contribution is 0.590. The molecule has 6 nitrogen and oxygen atoms in total. The lowest BCUT2D eigenvalue weighted by Crippen LogP contribution is -2.10. The third kappa shape index (κ3) is 3.27. The van der Waals surface area contributed by atoms with Gasteiger partial charge in [0, 0.05) is 5.69 Å². The predicted octanol–water partition coefficient (Wildman–Crippen LogP) is 3.26. The molecule has 0 aliphatic rings. The Kier molecular flexibility index (Phi) is 4.05. The maximum atomic E-state index is 4.46. The minimum atomic E-state index is 0.145. The molecular formula is C18H22N6. The lowest BCUT2D eigenvalue weighted by Gasteiger charge is -2.18. The van der Waals surface area contributed by atoms with Crippen LogP contribution in [-0.2, 0) is 5.41 Å².